The predicted molar refractivity (Wildman–Crippen MR) is 106 cm³/mol. The van der Waals surface area contributed by atoms with Gasteiger partial charge in [0.1, 0.15) is 10.7 Å². The van der Waals surface area contributed by atoms with E-state index in [9.17, 15) is 26.0 Å². The molecular formula is C18H20FN3O5S2. The van der Waals surface area contributed by atoms with Crippen molar-refractivity contribution < 1.29 is 26.0 Å². The lowest BCUT2D eigenvalue weighted by Crippen LogP contribution is -2.30. The number of sulfonamides is 2. The number of aryl methyl sites for hydroxylation is 1. The van der Waals surface area contributed by atoms with E-state index in [0.29, 0.717) is 12.0 Å². The summed E-state index contributed by atoms with van der Waals surface area (Å²) in [5.74, 6) is -1.26. The number of carbonyl (C=O) groups excluding carboxylic acids is 1. The zero-order valence-electron chi connectivity index (χ0n) is 15.7. The number of hydrogen-bond donors (Lipinski definition) is 3. The quantitative estimate of drug-likeness (QED) is 0.635. The van der Waals surface area contributed by atoms with Crippen molar-refractivity contribution in [2.24, 2.45) is 0 Å². The van der Waals surface area contributed by atoms with Crippen LogP contribution >= 0.6 is 0 Å². The molecule has 0 fully saturated rings. The highest BCUT2D eigenvalue weighted by Crippen LogP contribution is 2.29. The third kappa shape index (κ3) is 4.74. The fourth-order valence-electron chi connectivity index (χ4n) is 2.88. The summed E-state index contributed by atoms with van der Waals surface area (Å²) >= 11 is 0. The highest BCUT2D eigenvalue weighted by Gasteiger charge is 2.25. The maximum absolute atomic E-state index is 14.4. The van der Waals surface area contributed by atoms with Crippen molar-refractivity contribution in [3.05, 3.63) is 47.8 Å². The van der Waals surface area contributed by atoms with Gasteiger partial charge in [-0.25, -0.2) is 25.9 Å². The van der Waals surface area contributed by atoms with Crippen molar-refractivity contribution in [3.63, 3.8) is 0 Å². The highest BCUT2D eigenvalue weighted by molar-refractivity contribution is 7.92. The average Bonchev–Trinajstić information content (AvgIpc) is 2.60. The molecule has 0 unspecified atom stereocenters. The van der Waals surface area contributed by atoms with Crippen molar-refractivity contribution in [2.45, 2.75) is 42.5 Å². The van der Waals surface area contributed by atoms with Crippen LogP contribution in [0.5, 0.6) is 0 Å². The van der Waals surface area contributed by atoms with Gasteiger partial charge in [0.2, 0.25) is 15.9 Å². The minimum atomic E-state index is -4.26. The van der Waals surface area contributed by atoms with E-state index in [1.807, 2.05) is 0 Å². The molecule has 1 amide bonds. The minimum absolute atomic E-state index is 0.0233. The molecule has 0 saturated heterocycles. The summed E-state index contributed by atoms with van der Waals surface area (Å²) in [5.41, 5.74) is 0.858. The van der Waals surface area contributed by atoms with Crippen LogP contribution in [0, 0.1) is 5.82 Å². The molecule has 0 aliphatic carbocycles. The fourth-order valence-corrected chi connectivity index (χ4v) is 5.30. The zero-order chi connectivity index (χ0) is 21.4. The van der Waals surface area contributed by atoms with Crippen LogP contribution in [-0.2, 0) is 31.3 Å². The standard InChI is InChI=1S/C18H20FN3O5S2/c1-11(2)21-28(24,25)14-6-4-13(5-7-14)22-29(26,27)17-9-12-3-8-18(23)20-16(12)10-15(17)19/h4-7,9-11,21-22H,3,8H2,1-2H3,(H,20,23). The average molecular weight is 442 g/mol. The maximum Gasteiger partial charge on any atom is 0.264 e. The van der Waals surface area contributed by atoms with E-state index < -0.39 is 30.8 Å². The molecule has 0 saturated carbocycles. The Hall–Kier alpha value is -2.50. The van der Waals surface area contributed by atoms with Gasteiger partial charge in [-0.2, -0.15) is 0 Å². The highest BCUT2D eigenvalue weighted by atomic mass is 32.2. The van der Waals surface area contributed by atoms with Crippen LogP contribution in [0.4, 0.5) is 15.8 Å². The van der Waals surface area contributed by atoms with Crippen molar-refractivity contribution in [3.8, 4) is 0 Å². The van der Waals surface area contributed by atoms with Gasteiger partial charge in [0.25, 0.3) is 10.0 Å². The number of benzene rings is 2. The van der Waals surface area contributed by atoms with Gasteiger partial charge in [-0.1, -0.05) is 0 Å². The van der Waals surface area contributed by atoms with Gasteiger partial charge in [0.05, 0.1) is 4.90 Å². The number of rotatable bonds is 6. The van der Waals surface area contributed by atoms with Crippen LogP contribution < -0.4 is 14.8 Å². The van der Waals surface area contributed by atoms with Crippen LogP contribution in [0.2, 0.25) is 0 Å². The van der Waals surface area contributed by atoms with Crippen molar-refractivity contribution >= 4 is 37.3 Å². The number of anilines is 2. The van der Waals surface area contributed by atoms with Gasteiger partial charge in [0.15, 0.2) is 0 Å². The number of hydrogen-bond acceptors (Lipinski definition) is 5. The second-order valence-corrected chi connectivity index (χ2v) is 10.3. The third-order valence-corrected chi connectivity index (χ3v) is 7.22. The van der Waals surface area contributed by atoms with Crippen molar-refractivity contribution in [1.29, 1.82) is 0 Å². The lowest BCUT2D eigenvalue weighted by atomic mass is 10.0. The van der Waals surface area contributed by atoms with Crippen LogP contribution in [0.25, 0.3) is 0 Å². The first-order valence-electron chi connectivity index (χ1n) is 8.75. The summed E-state index contributed by atoms with van der Waals surface area (Å²) in [4.78, 5) is 10.8. The molecule has 0 aromatic heterocycles. The molecule has 1 aliphatic rings. The molecule has 1 aliphatic heterocycles. The Morgan fingerprint density at radius 3 is 2.28 bits per heavy atom. The molecule has 3 N–H and O–H groups in total. The molecular weight excluding hydrogens is 421 g/mol. The Labute approximate surface area is 168 Å². The molecule has 0 radical (unpaired) electrons. The van der Waals surface area contributed by atoms with E-state index in [0.717, 1.165) is 6.07 Å². The van der Waals surface area contributed by atoms with Gasteiger partial charge >= 0.3 is 0 Å². The van der Waals surface area contributed by atoms with E-state index in [1.54, 1.807) is 13.8 Å². The summed E-state index contributed by atoms with van der Waals surface area (Å²) in [6.07, 6.45) is 0.491. The number of amides is 1. The van der Waals surface area contributed by atoms with E-state index in [2.05, 4.69) is 14.8 Å². The summed E-state index contributed by atoms with van der Waals surface area (Å²) in [6, 6.07) is 6.94. The molecule has 29 heavy (non-hydrogen) atoms. The van der Waals surface area contributed by atoms with Crippen LogP contribution in [0.3, 0.4) is 0 Å². The minimum Gasteiger partial charge on any atom is -0.326 e. The molecule has 1 heterocycles. The molecule has 2 aromatic carbocycles. The lowest BCUT2D eigenvalue weighted by Gasteiger charge is -2.18. The largest absolute Gasteiger partial charge is 0.326 e. The smallest absolute Gasteiger partial charge is 0.264 e. The molecule has 3 rings (SSSR count). The van der Waals surface area contributed by atoms with E-state index >= 15 is 0 Å². The zero-order valence-corrected chi connectivity index (χ0v) is 17.3. The topological polar surface area (TPSA) is 121 Å². The fraction of sp³-hybridized carbons (Fsp3) is 0.278. The second kappa shape index (κ2) is 7.73. The summed E-state index contributed by atoms with van der Waals surface area (Å²) in [6.45, 7) is 3.36. The van der Waals surface area contributed by atoms with Gasteiger partial charge in [-0.05, 0) is 62.2 Å². The van der Waals surface area contributed by atoms with E-state index in [4.69, 9.17) is 0 Å². The van der Waals surface area contributed by atoms with Crippen molar-refractivity contribution in [2.75, 3.05) is 10.0 Å². The monoisotopic (exact) mass is 441 g/mol. The van der Waals surface area contributed by atoms with Crippen molar-refractivity contribution in [1.82, 2.24) is 4.72 Å². The van der Waals surface area contributed by atoms with Crippen LogP contribution in [0.1, 0.15) is 25.8 Å². The van der Waals surface area contributed by atoms with E-state index in [-0.39, 0.29) is 34.6 Å². The molecule has 0 bridgehead atoms. The molecule has 0 atom stereocenters. The van der Waals surface area contributed by atoms with Crippen LogP contribution in [0.15, 0.2) is 46.2 Å². The van der Waals surface area contributed by atoms with Crippen LogP contribution in [-0.4, -0.2) is 28.8 Å². The Balaban J connectivity index is 1.86. The number of carbonyl (C=O) groups is 1. The first kappa shape index (κ1) is 21.2. The molecule has 0 spiro atoms. The number of halogens is 1. The Morgan fingerprint density at radius 1 is 1.00 bits per heavy atom. The maximum atomic E-state index is 14.4. The first-order valence-corrected chi connectivity index (χ1v) is 11.7. The molecule has 11 heteroatoms. The Morgan fingerprint density at radius 2 is 1.66 bits per heavy atom. The molecule has 2 aromatic rings. The predicted octanol–water partition coefficient (Wildman–Crippen LogP) is 2.20. The number of nitrogens with one attached hydrogen (secondary N) is 3. The summed E-state index contributed by atoms with van der Waals surface area (Å²) < 4.78 is 68.6. The molecule has 156 valence electrons. The summed E-state index contributed by atoms with van der Waals surface area (Å²) in [5, 5.41) is 2.51. The second-order valence-electron chi connectivity index (χ2n) is 6.89. The van der Waals surface area contributed by atoms with E-state index in [1.165, 1.54) is 30.3 Å². The Bertz CT molecular complexity index is 1160. The number of fused-ring (bicyclic) bond motifs is 1. The third-order valence-electron chi connectivity index (χ3n) is 4.15. The van der Waals surface area contributed by atoms with Gasteiger partial charge in [-0.15, -0.1) is 0 Å². The van der Waals surface area contributed by atoms with Gasteiger partial charge < -0.3 is 5.32 Å². The van der Waals surface area contributed by atoms with Gasteiger partial charge in [0, 0.05) is 23.8 Å². The summed E-state index contributed by atoms with van der Waals surface area (Å²) in [7, 11) is -7.98. The Kier molecular flexibility index (Phi) is 5.65. The molecule has 8 nitrogen and oxygen atoms in total. The lowest BCUT2D eigenvalue weighted by molar-refractivity contribution is -0.116. The normalized spacial score (nSPS) is 14.4. The first-order chi connectivity index (χ1) is 13.5. The van der Waals surface area contributed by atoms with Gasteiger partial charge in [-0.3, -0.25) is 9.52 Å². The SMILES string of the molecule is CC(C)NS(=O)(=O)c1ccc(NS(=O)(=O)c2cc3c(cc2F)NC(=O)CC3)cc1.